The minimum absolute atomic E-state index is 0.113. The minimum Gasteiger partial charge on any atom is -0.395 e. The topological polar surface area (TPSA) is 50.1 Å². The smallest absolute Gasteiger partial charge is 0.0582 e. The van der Waals surface area contributed by atoms with Crippen LogP contribution in [0.1, 0.15) is 45.3 Å². The zero-order valence-corrected chi connectivity index (χ0v) is 9.94. The molecule has 0 amide bonds. The van der Waals surface area contributed by atoms with Crippen molar-refractivity contribution in [2.45, 2.75) is 45.8 Å². The van der Waals surface area contributed by atoms with Crippen molar-refractivity contribution in [2.75, 3.05) is 6.61 Å². The first-order chi connectivity index (χ1) is 7.04. The molecule has 0 aromatic carbocycles. The second-order valence-corrected chi connectivity index (χ2v) is 4.32. The Morgan fingerprint density at radius 3 is 2.53 bits per heavy atom. The lowest BCUT2D eigenvalue weighted by Gasteiger charge is -2.16. The zero-order valence-electron chi connectivity index (χ0n) is 9.94. The van der Waals surface area contributed by atoms with E-state index in [1.807, 2.05) is 24.0 Å². The minimum atomic E-state index is 0.113. The maximum absolute atomic E-state index is 8.94. The third-order valence-electron chi connectivity index (χ3n) is 2.46. The normalized spacial score (nSPS) is 15.6. The molecule has 4 heteroatoms. The molecule has 1 aromatic rings. The Kier molecular flexibility index (Phi) is 4.29. The van der Waals surface area contributed by atoms with E-state index < -0.39 is 0 Å². The fourth-order valence-electron chi connectivity index (χ4n) is 1.43. The van der Waals surface area contributed by atoms with Crippen molar-refractivity contribution in [3.8, 4) is 0 Å². The van der Waals surface area contributed by atoms with E-state index >= 15 is 0 Å². The molecule has 1 aromatic heterocycles. The molecule has 2 N–H and O–H groups in total. The van der Waals surface area contributed by atoms with Crippen LogP contribution in [-0.2, 0) is 0 Å². The molecule has 2 atom stereocenters. The predicted molar refractivity (Wildman–Crippen MR) is 60.7 cm³/mol. The fraction of sp³-hybridized carbons (Fsp3) is 0.727. The Morgan fingerprint density at radius 2 is 2.07 bits per heavy atom. The van der Waals surface area contributed by atoms with Gasteiger partial charge in [0.2, 0.25) is 0 Å². The summed E-state index contributed by atoms with van der Waals surface area (Å²) in [6.45, 7) is 8.40. The van der Waals surface area contributed by atoms with Crippen LogP contribution >= 0.6 is 0 Å². The highest BCUT2D eigenvalue weighted by Crippen LogP contribution is 2.13. The molecule has 0 saturated carbocycles. The third kappa shape index (κ3) is 3.32. The molecular weight excluding hydrogens is 190 g/mol. The Balaban J connectivity index is 2.61. The largest absolute Gasteiger partial charge is 0.395 e. The van der Waals surface area contributed by atoms with E-state index in [2.05, 4.69) is 31.2 Å². The van der Waals surface area contributed by atoms with Crippen molar-refractivity contribution < 1.29 is 5.11 Å². The molecule has 0 fully saturated rings. The van der Waals surface area contributed by atoms with Gasteiger partial charge in [-0.15, -0.1) is 0 Å². The summed E-state index contributed by atoms with van der Waals surface area (Å²) in [6.07, 6.45) is 3.92. The van der Waals surface area contributed by atoms with Crippen molar-refractivity contribution in [1.82, 2.24) is 15.1 Å². The van der Waals surface area contributed by atoms with Gasteiger partial charge in [0.15, 0.2) is 0 Å². The predicted octanol–water partition coefficient (Wildman–Crippen LogP) is 1.50. The molecule has 0 aliphatic carbocycles. The first-order valence-corrected chi connectivity index (χ1v) is 5.45. The van der Waals surface area contributed by atoms with Crippen molar-refractivity contribution in [3.63, 3.8) is 0 Å². The second kappa shape index (κ2) is 5.28. The van der Waals surface area contributed by atoms with E-state index in [1.165, 1.54) is 0 Å². The number of aliphatic hydroxyl groups is 1. The lowest BCUT2D eigenvalue weighted by molar-refractivity contribution is 0.243. The summed E-state index contributed by atoms with van der Waals surface area (Å²) < 4.78 is 1.94. The Hall–Kier alpha value is -0.870. The molecule has 1 unspecified atom stereocenters. The van der Waals surface area contributed by atoms with Crippen molar-refractivity contribution in [1.29, 1.82) is 0 Å². The average Bonchev–Trinajstić information content (AvgIpc) is 2.66. The van der Waals surface area contributed by atoms with Gasteiger partial charge in [-0.25, -0.2) is 0 Å². The van der Waals surface area contributed by atoms with Crippen molar-refractivity contribution in [2.24, 2.45) is 0 Å². The highest BCUT2D eigenvalue weighted by Gasteiger charge is 2.11. The first kappa shape index (κ1) is 12.2. The van der Waals surface area contributed by atoms with Crippen molar-refractivity contribution >= 4 is 0 Å². The van der Waals surface area contributed by atoms with Gasteiger partial charge < -0.3 is 10.4 Å². The Bertz CT molecular complexity index is 296. The highest BCUT2D eigenvalue weighted by molar-refractivity contribution is 5.09. The number of nitrogens with one attached hydrogen (secondary N) is 1. The standard InChI is InChI=1S/C11H21N3O/c1-8(2)14-6-11(5-12-14)10(4)13-9(3)7-15/h5-6,8-10,13,15H,7H2,1-4H3/t9-,10?/m0/s1. The Labute approximate surface area is 91.3 Å². The monoisotopic (exact) mass is 211 g/mol. The molecule has 0 saturated heterocycles. The summed E-state index contributed by atoms with van der Waals surface area (Å²) in [4.78, 5) is 0. The number of hydrogen-bond donors (Lipinski definition) is 2. The van der Waals surface area contributed by atoms with Crippen LogP contribution in [0, 0.1) is 0 Å². The van der Waals surface area contributed by atoms with Gasteiger partial charge in [0.25, 0.3) is 0 Å². The highest BCUT2D eigenvalue weighted by atomic mass is 16.3. The summed E-state index contributed by atoms with van der Waals surface area (Å²) in [7, 11) is 0. The fourth-order valence-corrected chi connectivity index (χ4v) is 1.43. The zero-order chi connectivity index (χ0) is 11.4. The van der Waals surface area contributed by atoms with E-state index in [-0.39, 0.29) is 18.7 Å². The molecule has 4 nitrogen and oxygen atoms in total. The van der Waals surface area contributed by atoms with Crippen molar-refractivity contribution in [3.05, 3.63) is 18.0 Å². The van der Waals surface area contributed by atoms with Crippen LogP contribution in [0.15, 0.2) is 12.4 Å². The van der Waals surface area contributed by atoms with E-state index in [1.54, 1.807) is 0 Å². The second-order valence-electron chi connectivity index (χ2n) is 4.32. The van der Waals surface area contributed by atoms with Crippen LogP contribution in [-0.4, -0.2) is 27.5 Å². The summed E-state index contributed by atoms with van der Waals surface area (Å²) >= 11 is 0. The summed E-state index contributed by atoms with van der Waals surface area (Å²) in [5.74, 6) is 0. The summed E-state index contributed by atoms with van der Waals surface area (Å²) in [5, 5.41) is 16.5. The Morgan fingerprint density at radius 1 is 1.40 bits per heavy atom. The van der Waals surface area contributed by atoms with Crippen LogP contribution in [0.2, 0.25) is 0 Å². The third-order valence-corrected chi connectivity index (χ3v) is 2.46. The van der Waals surface area contributed by atoms with Gasteiger partial charge in [0, 0.05) is 29.9 Å². The molecule has 0 spiro atoms. The van der Waals surface area contributed by atoms with Crippen LogP contribution in [0.4, 0.5) is 0 Å². The number of hydrogen-bond acceptors (Lipinski definition) is 3. The van der Waals surface area contributed by atoms with Gasteiger partial charge in [-0.05, 0) is 27.7 Å². The summed E-state index contributed by atoms with van der Waals surface area (Å²) in [5.41, 5.74) is 1.16. The first-order valence-electron chi connectivity index (χ1n) is 5.45. The van der Waals surface area contributed by atoms with Gasteiger partial charge in [-0.3, -0.25) is 4.68 Å². The number of nitrogens with zero attached hydrogens (tertiary/aromatic N) is 2. The quantitative estimate of drug-likeness (QED) is 0.776. The van der Waals surface area contributed by atoms with Gasteiger partial charge >= 0.3 is 0 Å². The van der Waals surface area contributed by atoms with Crippen LogP contribution < -0.4 is 5.32 Å². The van der Waals surface area contributed by atoms with Gasteiger partial charge in [-0.2, -0.15) is 5.10 Å². The van der Waals surface area contributed by atoms with Gasteiger partial charge in [0.1, 0.15) is 0 Å². The molecule has 0 aliphatic rings. The average molecular weight is 211 g/mol. The van der Waals surface area contributed by atoms with Gasteiger partial charge in [-0.1, -0.05) is 0 Å². The van der Waals surface area contributed by atoms with Crippen LogP contribution in [0.25, 0.3) is 0 Å². The van der Waals surface area contributed by atoms with Gasteiger partial charge in [0.05, 0.1) is 12.8 Å². The maximum atomic E-state index is 8.94. The maximum Gasteiger partial charge on any atom is 0.0582 e. The van der Waals surface area contributed by atoms with E-state index in [0.717, 1.165) is 5.56 Å². The summed E-state index contributed by atoms with van der Waals surface area (Å²) in [6, 6.07) is 0.725. The SMILES string of the molecule is CC(N[C@@H](C)CO)c1cnn(C(C)C)c1. The molecule has 15 heavy (non-hydrogen) atoms. The molecule has 0 bridgehead atoms. The van der Waals surface area contributed by atoms with E-state index in [4.69, 9.17) is 5.11 Å². The lowest BCUT2D eigenvalue weighted by atomic mass is 10.1. The molecule has 86 valence electrons. The molecule has 0 aliphatic heterocycles. The molecule has 0 radical (unpaired) electrons. The number of aliphatic hydroxyl groups excluding tert-OH is 1. The van der Waals surface area contributed by atoms with E-state index in [0.29, 0.717) is 6.04 Å². The molecule has 1 heterocycles. The lowest BCUT2D eigenvalue weighted by Crippen LogP contribution is -2.31. The van der Waals surface area contributed by atoms with Crippen LogP contribution in [0.3, 0.4) is 0 Å². The molecular formula is C11H21N3O. The number of aromatic nitrogens is 2. The van der Waals surface area contributed by atoms with E-state index in [9.17, 15) is 0 Å². The number of rotatable bonds is 5. The van der Waals surface area contributed by atoms with Crippen LogP contribution in [0.5, 0.6) is 0 Å². The molecule has 1 rings (SSSR count).